The smallest absolute Gasteiger partial charge is 0.234 e. The molecule has 1 heterocycles. The minimum atomic E-state index is 0.0541. The van der Waals surface area contributed by atoms with Gasteiger partial charge in [0.2, 0.25) is 5.91 Å². The van der Waals surface area contributed by atoms with Crippen LogP contribution in [0.1, 0.15) is 25.0 Å². The fourth-order valence-electron chi connectivity index (χ4n) is 2.87. The lowest BCUT2D eigenvalue weighted by atomic mass is 10.1. The Morgan fingerprint density at radius 3 is 2.68 bits per heavy atom. The molecule has 22 heavy (non-hydrogen) atoms. The standard InChI is InChI=1S/C17H26N2O3/c1-13-9-19(10-14(2)22-13)11-17(20)18-8-15-5-4-6-16(7-15)12-21-3/h4-7,13-14H,8-12H2,1-3H3,(H,18,20). The van der Waals surface area contributed by atoms with Gasteiger partial charge in [0.1, 0.15) is 0 Å². The number of carbonyl (C=O) groups is 1. The van der Waals surface area contributed by atoms with Gasteiger partial charge in [0.05, 0.1) is 25.4 Å². The highest BCUT2D eigenvalue weighted by atomic mass is 16.5. The highest BCUT2D eigenvalue weighted by molar-refractivity contribution is 5.78. The Balaban J connectivity index is 1.79. The normalized spacial score (nSPS) is 22.5. The number of morpholine rings is 1. The number of nitrogens with one attached hydrogen (secondary N) is 1. The first-order valence-electron chi connectivity index (χ1n) is 7.78. The van der Waals surface area contributed by atoms with Crippen LogP contribution in [0.3, 0.4) is 0 Å². The van der Waals surface area contributed by atoms with Gasteiger partial charge < -0.3 is 14.8 Å². The summed E-state index contributed by atoms with van der Waals surface area (Å²) >= 11 is 0. The highest BCUT2D eigenvalue weighted by Crippen LogP contribution is 2.10. The third-order valence-electron chi connectivity index (χ3n) is 3.65. The number of methoxy groups -OCH3 is 1. The van der Waals surface area contributed by atoms with Crippen molar-refractivity contribution < 1.29 is 14.3 Å². The van der Waals surface area contributed by atoms with E-state index < -0.39 is 0 Å². The Morgan fingerprint density at radius 1 is 1.32 bits per heavy atom. The molecule has 1 aromatic carbocycles. The Morgan fingerprint density at radius 2 is 2.00 bits per heavy atom. The summed E-state index contributed by atoms with van der Waals surface area (Å²) in [5.41, 5.74) is 2.21. The Hall–Kier alpha value is -1.43. The van der Waals surface area contributed by atoms with Crippen molar-refractivity contribution in [3.63, 3.8) is 0 Å². The molecular weight excluding hydrogens is 280 g/mol. The molecule has 2 unspecified atom stereocenters. The van der Waals surface area contributed by atoms with E-state index in [4.69, 9.17) is 9.47 Å². The molecule has 1 amide bonds. The van der Waals surface area contributed by atoms with Gasteiger partial charge in [-0.2, -0.15) is 0 Å². The second-order valence-corrected chi connectivity index (χ2v) is 5.98. The van der Waals surface area contributed by atoms with E-state index in [-0.39, 0.29) is 18.1 Å². The fraction of sp³-hybridized carbons (Fsp3) is 0.588. The lowest BCUT2D eigenvalue weighted by Gasteiger charge is -2.34. The summed E-state index contributed by atoms with van der Waals surface area (Å²) in [6, 6.07) is 8.08. The van der Waals surface area contributed by atoms with Gasteiger partial charge in [0, 0.05) is 26.7 Å². The van der Waals surface area contributed by atoms with Crippen LogP contribution < -0.4 is 5.32 Å². The van der Waals surface area contributed by atoms with E-state index in [1.807, 2.05) is 32.0 Å². The molecule has 5 nitrogen and oxygen atoms in total. The summed E-state index contributed by atoms with van der Waals surface area (Å²) in [5.74, 6) is 0.0541. The molecule has 0 spiro atoms. The van der Waals surface area contributed by atoms with Crippen LogP contribution in [-0.4, -0.2) is 49.8 Å². The molecule has 0 saturated carbocycles. The molecule has 1 N–H and O–H groups in total. The molecule has 0 bridgehead atoms. The predicted molar refractivity (Wildman–Crippen MR) is 85.5 cm³/mol. The van der Waals surface area contributed by atoms with Crippen LogP contribution >= 0.6 is 0 Å². The number of rotatable bonds is 6. The van der Waals surface area contributed by atoms with E-state index in [9.17, 15) is 4.79 Å². The summed E-state index contributed by atoms with van der Waals surface area (Å²) in [6.07, 6.45) is 0.365. The molecule has 1 saturated heterocycles. The van der Waals surface area contributed by atoms with Crippen molar-refractivity contribution in [2.24, 2.45) is 0 Å². The summed E-state index contributed by atoms with van der Waals surface area (Å²) in [7, 11) is 1.68. The maximum Gasteiger partial charge on any atom is 0.234 e. The number of amides is 1. The van der Waals surface area contributed by atoms with Crippen molar-refractivity contribution in [3.05, 3.63) is 35.4 Å². The molecule has 1 fully saturated rings. The van der Waals surface area contributed by atoms with Crippen molar-refractivity contribution in [1.29, 1.82) is 0 Å². The SMILES string of the molecule is COCc1cccc(CNC(=O)CN2CC(C)OC(C)C2)c1. The second-order valence-electron chi connectivity index (χ2n) is 5.98. The Bertz CT molecular complexity index is 483. The predicted octanol–water partition coefficient (Wildman–Crippen LogP) is 1.56. The molecule has 1 aromatic rings. The number of nitrogens with zero attached hydrogens (tertiary/aromatic N) is 1. The van der Waals surface area contributed by atoms with Crippen LogP contribution in [0.4, 0.5) is 0 Å². The Labute approximate surface area is 132 Å². The van der Waals surface area contributed by atoms with Gasteiger partial charge in [-0.1, -0.05) is 24.3 Å². The number of hydrogen-bond donors (Lipinski definition) is 1. The molecule has 1 aliphatic rings. The van der Waals surface area contributed by atoms with Crippen LogP contribution in [0.25, 0.3) is 0 Å². The first kappa shape index (κ1) is 16.9. The molecule has 2 rings (SSSR count). The zero-order valence-corrected chi connectivity index (χ0v) is 13.7. The molecule has 2 atom stereocenters. The van der Waals surface area contributed by atoms with Crippen molar-refractivity contribution in [1.82, 2.24) is 10.2 Å². The third kappa shape index (κ3) is 5.40. The zero-order valence-electron chi connectivity index (χ0n) is 13.7. The largest absolute Gasteiger partial charge is 0.380 e. The lowest BCUT2D eigenvalue weighted by Crippen LogP contribution is -2.49. The van der Waals surface area contributed by atoms with Crippen LogP contribution in [0.5, 0.6) is 0 Å². The first-order valence-corrected chi connectivity index (χ1v) is 7.78. The van der Waals surface area contributed by atoms with E-state index in [2.05, 4.69) is 16.3 Å². The van der Waals surface area contributed by atoms with E-state index in [0.717, 1.165) is 24.2 Å². The zero-order chi connectivity index (χ0) is 15.9. The average Bonchev–Trinajstić information content (AvgIpc) is 2.45. The maximum absolute atomic E-state index is 12.1. The van der Waals surface area contributed by atoms with E-state index >= 15 is 0 Å². The number of hydrogen-bond acceptors (Lipinski definition) is 4. The number of ether oxygens (including phenoxy) is 2. The summed E-state index contributed by atoms with van der Waals surface area (Å²) < 4.78 is 10.8. The van der Waals surface area contributed by atoms with Crippen molar-refractivity contribution in [2.45, 2.75) is 39.2 Å². The molecule has 0 aromatic heterocycles. The van der Waals surface area contributed by atoms with E-state index in [0.29, 0.717) is 19.7 Å². The summed E-state index contributed by atoms with van der Waals surface area (Å²) in [6.45, 7) is 7.26. The first-order chi connectivity index (χ1) is 10.6. The second kappa shape index (κ2) is 8.27. The molecule has 0 aliphatic carbocycles. The lowest BCUT2D eigenvalue weighted by molar-refractivity contribution is -0.126. The topological polar surface area (TPSA) is 50.8 Å². The molecule has 0 radical (unpaired) electrons. The van der Waals surface area contributed by atoms with E-state index in [1.54, 1.807) is 7.11 Å². The van der Waals surface area contributed by atoms with Crippen molar-refractivity contribution >= 4 is 5.91 Å². The van der Waals surface area contributed by atoms with Gasteiger partial charge in [-0.3, -0.25) is 9.69 Å². The monoisotopic (exact) mass is 306 g/mol. The quantitative estimate of drug-likeness (QED) is 0.866. The Kier molecular flexibility index (Phi) is 6.36. The van der Waals surface area contributed by atoms with Gasteiger partial charge in [0.15, 0.2) is 0 Å². The van der Waals surface area contributed by atoms with Crippen molar-refractivity contribution in [3.8, 4) is 0 Å². The minimum Gasteiger partial charge on any atom is -0.380 e. The van der Waals surface area contributed by atoms with Crippen LogP contribution in [0, 0.1) is 0 Å². The van der Waals surface area contributed by atoms with Crippen LogP contribution in [-0.2, 0) is 27.4 Å². The molecule has 122 valence electrons. The minimum absolute atomic E-state index is 0.0541. The third-order valence-corrected chi connectivity index (χ3v) is 3.65. The van der Waals surface area contributed by atoms with Gasteiger partial charge in [-0.15, -0.1) is 0 Å². The van der Waals surface area contributed by atoms with Crippen LogP contribution in [0.2, 0.25) is 0 Å². The number of benzene rings is 1. The van der Waals surface area contributed by atoms with Gasteiger partial charge in [-0.25, -0.2) is 0 Å². The van der Waals surface area contributed by atoms with E-state index in [1.165, 1.54) is 0 Å². The average molecular weight is 306 g/mol. The number of carbonyl (C=O) groups excluding carboxylic acids is 1. The highest BCUT2D eigenvalue weighted by Gasteiger charge is 2.23. The van der Waals surface area contributed by atoms with Gasteiger partial charge >= 0.3 is 0 Å². The molecule has 1 aliphatic heterocycles. The van der Waals surface area contributed by atoms with Gasteiger partial charge in [-0.05, 0) is 25.0 Å². The fourth-order valence-corrected chi connectivity index (χ4v) is 2.87. The van der Waals surface area contributed by atoms with Gasteiger partial charge in [0.25, 0.3) is 0 Å². The molecule has 5 heteroatoms. The summed E-state index contributed by atoms with van der Waals surface area (Å²) in [4.78, 5) is 14.2. The molecular formula is C17H26N2O3. The maximum atomic E-state index is 12.1. The van der Waals surface area contributed by atoms with Crippen molar-refractivity contribution in [2.75, 3.05) is 26.7 Å². The summed E-state index contributed by atoms with van der Waals surface area (Å²) in [5, 5.41) is 2.98. The van der Waals surface area contributed by atoms with Crippen LogP contribution in [0.15, 0.2) is 24.3 Å².